The van der Waals surface area contributed by atoms with Gasteiger partial charge in [-0.15, -0.1) is 6.42 Å². The van der Waals surface area contributed by atoms with E-state index in [1.807, 2.05) is 13.0 Å². The highest BCUT2D eigenvalue weighted by atomic mass is 32.2. The molecular weight excluding hydrogens is 457 g/mol. The third-order valence-corrected chi connectivity index (χ3v) is 8.37. The Morgan fingerprint density at radius 2 is 2.00 bits per heavy atom. The number of halogens is 1. The number of aryl methyl sites for hydroxylation is 2. The number of aliphatic hydroxyl groups excluding tert-OH is 1. The Morgan fingerprint density at radius 3 is 2.68 bits per heavy atom. The predicted molar refractivity (Wildman–Crippen MR) is 128 cm³/mol. The normalized spacial score (nSPS) is 18.9. The summed E-state index contributed by atoms with van der Waals surface area (Å²) < 4.78 is 54.9. The van der Waals surface area contributed by atoms with Crippen LogP contribution in [0.5, 0.6) is 5.75 Å². The van der Waals surface area contributed by atoms with E-state index in [2.05, 4.69) is 5.92 Å². The predicted octanol–water partition coefficient (Wildman–Crippen LogP) is 3.83. The van der Waals surface area contributed by atoms with E-state index >= 15 is 4.39 Å². The zero-order chi connectivity index (χ0) is 24.3. The van der Waals surface area contributed by atoms with Crippen LogP contribution in [0.3, 0.4) is 0 Å². The average Bonchev–Trinajstić information content (AvgIpc) is 2.87. The standard InChI is InChI=1S/C26H30FNO5S/c1-3-18-13-20-5-6-22(4-2)28(26(20)24(27)14-18)34(30,31)23-7-8-25(21(15-23)16-29)33-17-19-9-11-32-12-10-19/h2,7-8,13-15,19,22,29H,3,5-6,9-12,16-17H2,1H3/t22-/m0/s1. The molecule has 0 aliphatic carbocycles. The molecule has 8 heteroatoms. The molecule has 1 saturated heterocycles. The van der Waals surface area contributed by atoms with Crippen LogP contribution in [0.1, 0.15) is 42.9 Å². The first-order valence-corrected chi connectivity index (χ1v) is 13.1. The monoisotopic (exact) mass is 487 g/mol. The van der Waals surface area contributed by atoms with Crippen molar-refractivity contribution in [3.63, 3.8) is 0 Å². The number of sulfonamides is 1. The summed E-state index contributed by atoms with van der Waals surface area (Å²) >= 11 is 0. The summed E-state index contributed by atoms with van der Waals surface area (Å²) in [5.74, 6) is 2.70. The second-order valence-corrected chi connectivity index (χ2v) is 10.6. The number of anilines is 1. The van der Waals surface area contributed by atoms with Crippen molar-refractivity contribution in [1.29, 1.82) is 0 Å². The van der Waals surface area contributed by atoms with E-state index in [0.29, 0.717) is 61.9 Å². The van der Waals surface area contributed by atoms with Crippen LogP contribution < -0.4 is 9.04 Å². The van der Waals surface area contributed by atoms with Crippen LogP contribution in [0, 0.1) is 24.1 Å². The lowest BCUT2D eigenvalue weighted by atomic mass is 9.95. The maximum absolute atomic E-state index is 15.2. The van der Waals surface area contributed by atoms with E-state index in [9.17, 15) is 13.5 Å². The molecule has 34 heavy (non-hydrogen) atoms. The molecule has 2 aliphatic heterocycles. The van der Waals surface area contributed by atoms with E-state index in [-0.39, 0.29) is 10.6 Å². The molecular formula is C26H30FNO5S. The molecule has 0 aromatic heterocycles. The van der Waals surface area contributed by atoms with Crippen molar-refractivity contribution in [2.24, 2.45) is 5.92 Å². The number of hydrogen-bond donors (Lipinski definition) is 1. The van der Waals surface area contributed by atoms with Crippen molar-refractivity contribution in [3.8, 4) is 18.1 Å². The summed E-state index contributed by atoms with van der Waals surface area (Å²) in [7, 11) is -4.20. The molecule has 1 N–H and O–H groups in total. The van der Waals surface area contributed by atoms with Gasteiger partial charge in [-0.3, -0.25) is 0 Å². The molecule has 0 unspecified atom stereocenters. The Labute approximate surface area is 200 Å². The topological polar surface area (TPSA) is 76.1 Å². The van der Waals surface area contributed by atoms with Gasteiger partial charge >= 0.3 is 0 Å². The summed E-state index contributed by atoms with van der Waals surface area (Å²) in [6, 6.07) is 6.76. The van der Waals surface area contributed by atoms with Crippen molar-refractivity contribution in [1.82, 2.24) is 0 Å². The molecule has 0 spiro atoms. The zero-order valence-electron chi connectivity index (χ0n) is 19.3. The maximum atomic E-state index is 15.2. The minimum atomic E-state index is -4.20. The molecule has 0 saturated carbocycles. The Bertz CT molecular complexity index is 1180. The molecule has 1 atom stereocenters. The van der Waals surface area contributed by atoms with Gasteiger partial charge in [0.25, 0.3) is 10.0 Å². The smallest absolute Gasteiger partial charge is 0.265 e. The second kappa shape index (κ2) is 10.3. The first kappa shape index (κ1) is 24.5. The maximum Gasteiger partial charge on any atom is 0.265 e. The Morgan fingerprint density at radius 1 is 1.24 bits per heavy atom. The molecule has 2 aliphatic rings. The van der Waals surface area contributed by atoms with Crippen LogP contribution in [-0.2, 0) is 34.2 Å². The van der Waals surface area contributed by atoms with Crippen LogP contribution in [0.2, 0.25) is 0 Å². The first-order valence-electron chi connectivity index (χ1n) is 11.6. The van der Waals surface area contributed by atoms with E-state index in [1.165, 1.54) is 18.2 Å². The fraction of sp³-hybridized carbons (Fsp3) is 0.462. The number of ether oxygens (including phenoxy) is 2. The van der Waals surface area contributed by atoms with Gasteiger partial charge in [-0.1, -0.05) is 18.9 Å². The van der Waals surface area contributed by atoms with E-state index in [4.69, 9.17) is 15.9 Å². The van der Waals surface area contributed by atoms with Crippen LogP contribution in [0.4, 0.5) is 10.1 Å². The molecule has 4 rings (SSSR count). The van der Waals surface area contributed by atoms with Gasteiger partial charge < -0.3 is 14.6 Å². The third-order valence-electron chi connectivity index (χ3n) is 6.57. The Hall–Kier alpha value is -2.60. The van der Waals surface area contributed by atoms with Gasteiger partial charge in [0, 0.05) is 18.8 Å². The van der Waals surface area contributed by atoms with Crippen molar-refractivity contribution in [2.75, 3.05) is 24.1 Å². The number of nitrogens with zero attached hydrogens (tertiary/aromatic N) is 1. The second-order valence-electron chi connectivity index (χ2n) is 8.76. The van der Waals surface area contributed by atoms with Crippen LogP contribution in [0.25, 0.3) is 0 Å². The number of benzene rings is 2. The Balaban J connectivity index is 1.68. The Kier molecular flexibility index (Phi) is 7.46. The highest BCUT2D eigenvalue weighted by Gasteiger charge is 2.38. The minimum absolute atomic E-state index is 0.0109. The summed E-state index contributed by atoms with van der Waals surface area (Å²) in [6.07, 6.45) is 9.01. The lowest BCUT2D eigenvalue weighted by molar-refractivity contribution is 0.0494. The lowest BCUT2D eigenvalue weighted by Gasteiger charge is -2.35. The largest absolute Gasteiger partial charge is 0.493 e. The molecule has 182 valence electrons. The molecule has 1 fully saturated rings. The van der Waals surface area contributed by atoms with Crippen molar-refractivity contribution in [2.45, 2.75) is 56.6 Å². The summed E-state index contributed by atoms with van der Waals surface area (Å²) in [6.45, 7) is 3.39. The number of fused-ring (bicyclic) bond motifs is 1. The molecule has 6 nitrogen and oxygen atoms in total. The van der Waals surface area contributed by atoms with Crippen molar-refractivity contribution < 1.29 is 27.4 Å². The van der Waals surface area contributed by atoms with Gasteiger partial charge in [-0.2, -0.15) is 0 Å². The minimum Gasteiger partial charge on any atom is -0.493 e. The quantitative estimate of drug-likeness (QED) is 0.601. The van der Waals surface area contributed by atoms with Crippen molar-refractivity contribution in [3.05, 3.63) is 52.8 Å². The average molecular weight is 488 g/mol. The highest BCUT2D eigenvalue weighted by Crippen LogP contribution is 2.39. The molecule has 2 heterocycles. The van der Waals surface area contributed by atoms with Gasteiger partial charge in [0.1, 0.15) is 17.6 Å². The van der Waals surface area contributed by atoms with Crippen LogP contribution >= 0.6 is 0 Å². The van der Waals surface area contributed by atoms with Crippen molar-refractivity contribution >= 4 is 15.7 Å². The molecule has 0 radical (unpaired) electrons. The highest BCUT2D eigenvalue weighted by molar-refractivity contribution is 7.92. The van der Waals surface area contributed by atoms with Gasteiger partial charge in [0.15, 0.2) is 0 Å². The number of rotatable bonds is 7. The van der Waals surface area contributed by atoms with Gasteiger partial charge in [0.2, 0.25) is 0 Å². The SMILES string of the molecule is C#C[C@H]1CCc2cc(CC)cc(F)c2N1S(=O)(=O)c1ccc(OCC2CCOCC2)c(CO)c1. The number of terminal acetylenes is 1. The first-order chi connectivity index (χ1) is 16.4. The fourth-order valence-corrected chi connectivity index (χ4v) is 6.28. The van der Waals surface area contributed by atoms with Gasteiger partial charge in [-0.25, -0.2) is 17.1 Å². The van der Waals surface area contributed by atoms with Gasteiger partial charge in [-0.05, 0) is 73.4 Å². The van der Waals surface area contributed by atoms with Crippen LogP contribution in [0.15, 0.2) is 35.2 Å². The van der Waals surface area contributed by atoms with Crippen LogP contribution in [-0.4, -0.2) is 39.4 Å². The van der Waals surface area contributed by atoms with E-state index in [1.54, 1.807) is 6.07 Å². The summed E-state index contributed by atoms with van der Waals surface area (Å²) in [5, 5.41) is 9.91. The van der Waals surface area contributed by atoms with E-state index in [0.717, 1.165) is 22.7 Å². The fourth-order valence-electron chi connectivity index (χ4n) is 4.58. The van der Waals surface area contributed by atoms with Gasteiger partial charge in [0.05, 0.1) is 23.8 Å². The van der Waals surface area contributed by atoms with E-state index < -0.39 is 28.5 Å². The summed E-state index contributed by atoms with van der Waals surface area (Å²) in [5.41, 5.74) is 1.80. The molecule has 2 aromatic carbocycles. The molecule has 0 bridgehead atoms. The number of aliphatic hydroxyl groups is 1. The molecule has 0 amide bonds. The number of hydrogen-bond acceptors (Lipinski definition) is 5. The molecule has 2 aromatic rings. The lowest BCUT2D eigenvalue weighted by Crippen LogP contribution is -2.43. The zero-order valence-corrected chi connectivity index (χ0v) is 20.1. The summed E-state index contributed by atoms with van der Waals surface area (Å²) in [4.78, 5) is -0.0676. The third kappa shape index (κ3) is 4.78.